The fourth-order valence-corrected chi connectivity index (χ4v) is 1.99. The molecule has 0 atom stereocenters. The van der Waals surface area contributed by atoms with Gasteiger partial charge in [0, 0.05) is 6.42 Å². The Morgan fingerprint density at radius 1 is 0.846 bits per heavy atom. The van der Waals surface area contributed by atoms with Gasteiger partial charge in [0.25, 0.3) is 0 Å². The van der Waals surface area contributed by atoms with E-state index in [9.17, 15) is 4.79 Å². The van der Waals surface area contributed by atoms with Crippen LogP contribution >= 0.6 is 0 Å². The molecule has 144 valence electrons. The van der Waals surface area contributed by atoms with Crippen LogP contribution < -0.4 is 11.6 Å². The number of carbonyl (C=O) groups is 1. The van der Waals surface area contributed by atoms with E-state index < -0.39 is 5.96 Å². The highest BCUT2D eigenvalue weighted by Crippen LogP contribution is 2.01. The molecule has 0 aliphatic heterocycles. The highest BCUT2D eigenvalue weighted by Gasteiger charge is 2.10. The van der Waals surface area contributed by atoms with Crippen molar-refractivity contribution in [1.82, 2.24) is 5.01 Å². The molecule has 0 aliphatic rings. The normalized spacial score (nSPS) is 12.4. The Kier molecular flexibility index (Phi) is 15.8. The van der Waals surface area contributed by atoms with Crippen LogP contribution in [0.15, 0.2) is 60.8 Å². The zero-order valence-corrected chi connectivity index (χ0v) is 15.9. The number of nitrogens with zero attached hydrogens (tertiary/aromatic N) is 1. The average molecular weight is 359 g/mol. The van der Waals surface area contributed by atoms with E-state index in [0.717, 1.165) is 38.5 Å². The molecule has 26 heavy (non-hydrogen) atoms. The van der Waals surface area contributed by atoms with Gasteiger partial charge in [-0.1, -0.05) is 67.7 Å². The number of amides is 1. The van der Waals surface area contributed by atoms with Gasteiger partial charge in [-0.15, -0.1) is 0 Å². The molecule has 5 heteroatoms. The fraction of sp³-hybridized carbons (Fsp3) is 0.429. The molecule has 0 bridgehead atoms. The van der Waals surface area contributed by atoms with E-state index in [1.807, 2.05) is 0 Å². The zero-order valence-electron chi connectivity index (χ0n) is 15.9. The van der Waals surface area contributed by atoms with Crippen LogP contribution in [0.2, 0.25) is 0 Å². The van der Waals surface area contributed by atoms with E-state index in [4.69, 9.17) is 17.0 Å². The maximum absolute atomic E-state index is 11.5. The van der Waals surface area contributed by atoms with Gasteiger partial charge in [0.05, 0.1) is 0 Å². The number of hydrogen-bond donors (Lipinski definition) is 3. The van der Waals surface area contributed by atoms with Crippen molar-refractivity contribution in [2.45, 2.75) is 58.3 Å². The molecule has 0 aromatic rings. The van der Waals surface area contributed by atoms with Gasteiger partial charge in [0.15, 0.2) is 0 Å². The monoisotopic (exact) mass is 358 g/mol. The smallest absolute Gasteiger partial charge is 0.243 e. The number of rotatable bonds is 13. The molecule has 0 spiro atoms. The van der Waals surface area contributed by atoms with E-state index in [2.05, 4.69) is 67.7 Å². The van der Waals surface area contributed by atoms with Crippen molar-refractivity contribution in [2.24, 2.45) is 11.6 Å². The summed E-state index contributed by atoms with van der Waals surface area (Å²) in [7, 11) is 0. The summed E-state index contributed by atoms with van der Waals surface area (Å²) in [4.78, 5) is 11.5. The SMILES string of the molecule is CC/C=C\C/C=C\C/C=C\C/C=C\C/C=C\CCCC(=O)N(N)C(=N)N. The number of unbranched alkanes of at least 4 members (excludes halogenated alkanes) is 1. The molecule has 0 saturated heterocycles. The molecule has 0 aromatic carbocycles. The number of allylic oxidation sites excluding steroid dienone is 10. The standard InChI is InChI=1S/C21H34N4O/c1-2-3-4-5-6-7-8-9-10-11-12-13-14-15-16-17-18-19-20(26)25(24)21(22)23/h3-4,6-7,9-10,12-13,15-16H,2,5,8,11,14,17-19,24H2,1H3,(H3,22,23)/b4-3-,7-6-,10-9-,13-12-,16-15-. The van der Waals surface area contributed by atoms with Gasteiger partial charge in [-0.05, 0) is 44.9 Å². The first-order valence-corrected chi connectivity index (χ1v) is 9.26. The third kappa shape index (κ3) is 15.1. The lowest BCUT2D eigenvalue weighted by Gasteiger charge is -2.12. The Labute approximate surface area is 158 Å². The van der Waals surface area contributed by atoms with E-state index in [-0.39, 0.29) is 5.91 Å². The topological polar surface area (TPSA) is 96.2 Å². The molecule has 5 nitrogen and oxygen atoms in total. The van der Waals surface area contributed by atoms with Crippen molar-refractivity contribution in [1.29, 1.82) is 5.41 Å². The molecule has 1 amide bonds. The molecule has 0 rings (SSSR count). The third-order valence-electron chi connectivity index (χ3n) is 3.45. The minimum absolute atomic E-state index is 0.296. The number of hydrazine groups is 1. The van der Waals surface area contributed by atoms with Crippen molar-refractivity contribution >= 4 is 11.9 Å². The maximum atomic E-state index is 11.5. The van der Waals surface area contributed by atoms with Crippen molar-refractivity contribution in [3.63, 3.8) is 0 Å². The Bertz CT molecular complexity index is 530. The Morgan fingerprint density at radius 2 is 1.27 bits per heavy atom. The van der Waals surface area contributed by atoms with E-state index >= 15 is 0 Å². The second-order valence-electron chi connectivity index (χ2n) is 5.75. The van der Waals surface area contributed by atoms with Crippen LogP contribution in [-0.4, -0.2) is 16.9 Å². The minimum Gasteiger partial charge on any atom is -0.369 e. The zero-order chi connectivity index (χ0) is 19.5. The fourth-order valence-electron chi connectivity index (χ4n) is 1.99. The largest absolute Gasteiger partial charge is 0.369 e. The van der Waals surface area contributed by atoms with E-state index in [1.54, 1.807) is 0 Å². The third-order valence-corrected chi connectivity index (χ3v) is 3.45. The van der Waals surface area contributed by atoms with Crippen molar-refractivity contribution in [3.8, 4) is 0 Å². The number of carbonyl (C=O) groups excluding carboxylic acids is 1. The molecule has 0 heterocycles. The number of hydrogen-bond acceptors (Lipinski definition) is 3. The summed E-state index contributed by atoms with van der Waals surface area (Å²) in [6, 6.07) is 0. The Hall–Kier alpha value is -2.40. The Balaban J connectivity index is 3.61. The molecular weight excluding hydrogens is 324 g/mol. The summed E-state index contributed by atoms with van der Waals surface area (Å²) in [6.45, 7) is 2.14. The molecule has 0 fully saturated rings. The predicted octanol–water partition coefficient (Wildman–Crippen LogP) is 4.50. The molecule has 0 unspecified atom stereocenters. The van der Waals surface area contributed by atoms with Crippen LogP contribution in [0.5, 0.6) is 0 Å². The summed E-state index contributed by atoms with van der Waals surface area (Å²) in [5, 5.41) is 7.74. The average Bonchev–Trinajstić information content (AvgIpc) is 2.63. The van der Waals surface area contributed by atoms with Crippen LogP contribution in [0.4, 0.5) is 0 Å². The van der Waals surface area contributed by atoms with Gasteiger partial charge in [-0.25, -0.2) is 10.9 Å². The van der Waals surface area contributed by atoms with Crippen LogP contribution in [0.25, 0.3) is 0 Å². The second-order valence-corrected chi connectivity index (χ2v) is 5.75. The summed E-state index contributed by atoms with van der Waals surface area (Å²) >= 11 is 0. The first kappa shape index (κ1) is 23.6. The first-order chi connectivity index (χ1) is 12.6. The highest BCUT2D eigenvalue weighted by atomic mass is 16.2. The summed E-state index contributed by atoms with van der Waals surface area (Å²) in [5.41, 5.74) is 5.13. The van der Waals surface area contributed by atoms with Crippen molar-refractivity contribution in [2.75, 3.05) is 0 Å². The number of nitrogens with one attached hydrogen (secondary N) is 1. The van der Waals surface area contributed by atoms with Gasteiger partial charge in [-0.3, -0.25) is 10.2 Å². The summed E-state index contributed by atoms with van der Waals surface area (Å²) < 4.78 is 0. The minimum atomic E-state index is -0.426. The van der Waals surface area contributed by atoms with E-state index in [1.165, 1.54) is 0 Å². The van der Waals surface area contributed by atoms with Gasteiger partial charge < -0.3 is 5.73 Å². The molecule has 0 aliphatic carbocycles. The molecular formula is C21H34N4O. The number of guanidine groups is 1. The van der Waals surface area contributed by atoms with Gasteiger partial charge >= 0.3 is 0 Å². The lowest BCUT2D eigenvalue weighted by Crippen LogP contribution is -2.46. The van der Waals surface area contributed by atoms with Crippen molar-refractivity contribution < 1.29 is 4.79 Å². The van der Waals surface area contributed by atoms with Gasteiger partial charge in [0.2, 0.25) is 11.9 Å². The van der Waals surface area contributed by atoms with Crippen LogP contribution in [0, 0.1) is 5.41 Å². The number of nitrogens with two attached hydrogens (primary N) is 2. The second kappa shape index (κ2) is 17.4. The van der Waals surface area contributed by atoms with Crippen LogP contribution in [-0.2, 0) is 4.79 Å². The molecule has 0 saturated carbocycles. The quantitative estimate of drug-likeness (QED) is 0.0860. The van der Waals surface area contributed by atoms with Crippen LogP contribution in [0.1, 0.15) is 58.3 Å². The van der Waals surface area contributed by atoms with Crippen LogP contribution in [0.3, 0.4) is 0 Å². The maximum Gasteiger partial charge on any atom is 0.243 e. The predicted molar refractivity (Wildman–Crippen MR) is 111 cm³/mol. The molecule has 0 radical (unpaired) electrons. The van der Waals surface area contributed by atoms with E-state index in [0.29, 0.717) is 17.9 Å². The molecule has 5 N–H and O–H groups in total. The van der Waals surface area contributed by atoms with Gasteiger partial charge in [0.1, 0.15) is 0 Å². The molecule has 0 aromatic heterocycles. The first-order valence-electron chi connectivity index (χ1n) is 9.26. The highest BCUT2D eigenvalue weighted by molar-refractivity contribution is 5.93. The van der Waals surface area contributed by atoms with Crippen molar-refractivity contribution in [3.05, 3.63) is 60.8 Å². The lowest BCUT2D eigenvalue weighted by atomic mass is 10.2. The Morgan fingerprint density at radius 3 is 1.69 bits per heavy atom. The lowest BCUT2D eigenvalue weighted by molar-refractivity contribution is -0.127. The van der Waals surface area contributed by atoms with Gasteiger partial charge in [-0.2, -0.15) is 0 Å². The summed E-state index contributed by atoms with van der Waals surface area (Å²) in [6.07, 6.45) is 28.3. The summed E-state index contributed by atoms with van der Waals surface area (Å²) in [5.74, 6) is 4.57.